The number of rotatable bonds is 5. The van der Waals surface area contributed by atoms with E-state index in [0.29, 0.717) is 11.3 Å². The monoisotopic (exact) mass is 226 g/mol. The highest BCUT2D eigenvalue weighted by atomic mass is 16.7. The Kier molecular flexibility index (Phi) is 3.99. The van der Waals surface area contributed by atoms with Crippen molar-refractivity contribution in [2.45, 2.75) is 39.4 Å². The van der Waals surface area contributed by atoms with Gasteiger partial charge in [-0.15, -0.1) is 0 Å². The van der Waals surface area contributed by atoms with Crippen LogP contribution >= 0.6 is 0 Å². The van der Waals surface area contributed by atoms with Gasteiger partial charge in [-0.2, -0.15) is 0 Å². The SMILES string of the molecule is C=C(C)C(=O)OCC1=COC(CC)(CC)O1. The van der Waals surface area contributed by atoms with Gasteiger partial charge in [-0.25, -0.2) is 4.79 Å². The molecule has 1 aliphatic rings. The van der Waals surface area contributed by atoms with Crippen LogP contribution in [0.4, 0.5) is 0 Å². The second kappa shape index (κ2) is 5.05. The third-order valence-corrected chi connectivity index (χ3v) is 2.49. The van der Waals surface area contributed by atoms with Crippen molar-refractivity contribution in [3.05, 3.63) is 24.2 Å². The molecule has 0 bridgehead atoms. The van der Waals surface area contributed by atoms with Gasteiger partial charge in [-0.05, 0) is 6.92 Å². The van der Waals surface area contributed by atoms with E-state index >= 15 is 0 Å². The summed E-state index contributed by atoms with van der Waals surface area (Å²) in [5.41, 5.74) is 0.372. The van der Waals surface area contributed by atoms with Gasteiger partial charge in [-0.3, -0.25) is 0 Å². The molecule has 0 aromatic rings. The summed E-state index contributed by atoms with van der Waals surface area (Å²) in [6.07, 6.45) is 3.01. The third kappa shape index (κ3) is 2.78. The summed E-state index contributed by atoms with van der Waals surface area (Å²) in [5, 5.41) is 0. The van der Waals surface area contributed by atoms with Crippen LogP contribution in [0.3, 0.4) is 0 Å². The van der Waals surface area contributed by atoms with E-state index in [4.69, 9.17) is 14.2 Å². The maximum Gasteiger partial charge on any atom is 0.333 e. The minimum absolute atomic E-state index is 0.0907. The molecule has 90 valence electrons. The molecule has 0 atom stereocenters. The predicted molar refractivity (Wildman–Crippen MR) is 59.3 cm³/mol. The molecule has 1 heterocycles. The number of hydrogen-bond donors (Lipinski definition) is 0. The minimum atomic E-state index is -0.578. The molecular formula is C12H18O4. The fourth-order valence-corrected chi connectivity index (χ4v) is 1.34. The number of hydrogen-bond acceptors (Lipinski definition) is 4. The Morgan fingerprint density at radius 3 is 2.56 bits per heavy atom. The van der Waals surface area contributed by atoms with Crippen LogP contribution in [-0.4, -0.2) is 18.4 Å². The van der Waals surface area contributed by atoms with Crippen LogP contribution in [0.5, 0.6) is 0 Å². The average molecular weight is 226 g/mol. The maximum atomic E-state index is 11.2. The summed E-state index contributed by atoms with van der Waals surface area (Å²) in [6, 6.07) is 0. The van der Waals surface area contributed by atoms with E-state index in [1.54, 1.807) is 6.92 Å². The zero-order valence-electron chi connectivity index (χ0n) is 10.0. The molecule has 1 aliphatic heterocycles. The largest absolute Gasteiger partial charge is 0.456 e. The molecule has 0 unspecified atom stereocenters. The molecule has 0 fully saturated rings. The number of carbonyl (C=O) groups is 1. The highest BCUT2D eigenvalue weighted by Gasteiger charge is 2.35. The van der Waals surface area contributed by atoms with Gasteiger partial charge in [0.25, 0.3) is 0 Å². The van der Waals surface area contributed by atoms with Crippen LogP contribution < -0.4 is 0 Å². The van der Waals surface area contributed by atoms with E-state index in [1.807, 2.05) is 13.8 Å². The lowest BCUT2D eigenvalue weighted by molar-refractivity contribution is -0.159. The zero-order valence-corrected chi connectivity index (χ0v) is 10.0. The molecule has 1 rings (SSSR count). The van der Waals surface area contributed by atoms with Gasteiger partial charge in [0.15, 0.2) is 12.4 Å². The Morgan fingerprint density at radius 2 is 2.12 bits per heavy atom. The molecule has 4 nitrogen and oxygen atoms in total. The molecule has 16 heavy (non-hydrogen) atoms. The van der Waals surface area contributed by atoms with E-state index in [9.17, 15) is 4.79 Å². The Morgan fingerprint density at radius 1 is 1.50 bits per heavy atom. The first-order valence-electron chi connectivity index (χ1n) is 5.41. The van der Waals surface area contributed by atoms with E-state index in [0.717, 1.165) is 12.8 Å². The lowest BCUT2D eigenvalue weighted by atomic mass is 10.1. The molecular weight excluding hydrogens is 208 g/mol. The van der Waals surface area contributed by atoms with Crippen LogP contribution in [0.2, 0.25) is 0 Å². The normalized spacial score (nSPS) is 17.1. The van der Waals surface area contributed by atoms with Gasteiger partial charge in [0, 0.05) is 18.4 Å². The first-order valence-corrected chi connectivity index (χ1v) is 5.41. The van der Waals surface area contributed by atoms with E-state index in [1.165, 1.54) is 6.26 Å². The molecule has 0 aromatic heterocycles. The molecule has 0 saturated carbocycles. The fraction of sp³-hybridized carbons (Fsp3) is 0.583. The van der Waals surface area contributed by atoms with Gasteiger partial charge < -0.3 is 14.2 Å². The van der Waals surface area contributed by atoms with E-state index < -0.39 is 11.8 Å². The maximum absolute atomic E-state index is 11.2. The Bertz CT molecular complexity index is 313. The topological polar surface area (TPSA) is 44.8 Å². The quantitative estimate of drug-likeness (QED) is 0.533. The van der Waals surface area contributed by atoms with Crippen molar-refractivity contribution in [2.75, 3.05) is 6.61 Å². The molecule has 4 heteroatoms. The van der Waals surface area contributed by atoms with Crippen molar-refractivity contribution in [3.8, 4) is 0 Å². The van der Waals surface area contributed by atoms with Crippen LogP contribution in [0, 0.1) is 0 Å². The molecule has 0 radical (unpaired) electrons. The minimum Gasteiger partial charge on any atom is -0.456 e. The van der Waals surface area contributed by atoms with Crippen LogP contribution in [0.1, 0.15) is 33.6 Å². The Hall–Kier alpha value is -1.45. The smallest absolute Gasteiger partial charge is 0.333 e. The molecule has 0 spiro atoms. The average Bonchev–Trinajstić information content (AvgIpc) is 2.70. The Labute approximate surface area is 95.9 Å². The highest BCUT2D eigenvalue weighted by molar-refractivity contribution is 5.87. The van der Waals surface area contributed by atoms with Crippen molar-refractivity contribution in [1.29, 1.82) is 0 Å². The summed E-state index contributed by atoms with van der Waals surface area (Å²) >= 11 is 0. The summed E-state index contributed by atoms with van der Waals surface area (Å²) in [7, 11) is 0. The predicted octanol–water partition coefficient (Wildman–Crippen LogP) is 2.51. The number of esters is 1. The Balaban J connectivity index is 2.42. The lowest BCUT2D eigenvalue weighted by Crippen LogP contribution is -2.28. The fourth-order valence-electron chi connectivity index (χ4n) is 1.34. The van der Waals surface area contributed by atoms with Gasteiger partial charge in [0.1, 0.15) is 6.26 Å². The number of carbonyl (C=O) groups excluding carboxylic acids is 1. The molecule has 0 N–H and O–H groups in total. The molecule has 0 amide bonds. The summed E-state index contributed by atoms with van der Waals surface area (Å²) in [5.74, 6) is -0.460. The van der Waals surface area contributed by atoms with Crippen molar-refractivity contribution in [2.24, 2.45) is 0 Å². The van der Waals surface area contributed by atoms with Crippen molar-refractivity contribution in [3.63, 3.8) is 0 Å². The standard InChI is InChI=1S/C12H18O4/c1-5-12(6-2)15-8-10(16-12)7-14-11(13)9(3)4/h8H,3,5-7H2,1-2,4H3. The number of ether oxygens (including phenoxy) is 3. The van der Waals surface area contributed by atoms with Gasteiger partial charge in [0.05, 0.1) is 0 Å². The molecule has 0 aromatic carbocycles. The van der Waals surface area contributed by atoms with Crippen molar-refractivity contribution in [1.82, 2.24) is 0 Å². The first kappa shape index (κ1) is 12.6. The second-order valence-electron chi connectivity index (χ2n) is 3.78. The zero-order chi connectivity index (χ0) is 12.2. The highest BCUT2D eigenvalue weighted by Crippen LogP contribution is 2.31. The van der Waals surface area contributed by atoms with Crippen LogP contribution in [0.15, 0.2) is 24.2 Å². The van der Waals surface area contributed by atoms with Crippen molar-refractivity contribution >= 4 is 5.97 Å². The van der Waals surface area contributed by atoms with Gasteiger partial charge in [0.2, 0.25) is 5.79 Å². The summed E-state index contributed by atoms with van der Waals surface area (Å²) in [4.78, 5) is 11.2. The van der Waals surface area contributed by atoms with Crippen molar-refractivity contribution < 1.29 is 19.0 Å². The van der Waals surface area contributed by atoms with E-state index in [-0.39, 0.29) is 6.61 Å². The van der Waals surface area contributed by atoms with Crippen LogP contribution in [-0.2, 0) is 19.0 Å². The summed E-state index contributed by atoms with van der Waals surface area (Å²) < 4.78 is 16.0. The second-order valence-corrected chi connectivity index (χ2v) is 3.78. The molecule has 0 aliphatic carbocycles. The van der Waals surface area contributed by atoms with Gasteiger partial charge >= 0.3 is 5.97 Å². The lowest BCUT2D eigenvalue weighted by Gasteiger charge is -2.25. The van der Waals surface area contributed by atoms with Gasteiger partial charge in [-0.1, -0.05) is 20.4 Å². The summed E-state index contributed by atoms with van der Waals surface area (Å²) in [6.45, 7) is 9.16. The third-order valence-electron chi connectivity index (χ3n) is 2.49. The van der Waals surface area contributed by atoms with Crippen LogP contribution in [0.25, 0.3) is 0 Å². The van der Waals surface area contributed by atoms with E-state index in [2.05, 4.69) is 6.58 Å². The molecule has 0 saturated heterocycles. The first-order chi connectivity index (χ1) is 7.53.